The average molecular weight is 330 g/mol. The molecule has 0 fully saturated rings. The Balaban J connectivity index is 2.91. The van der Waals surface area contributed by atoms with Crippen LogP contribution in [0.15, 0.2) is 43.0 Å². The van der Waals surface area contributed by atoms with Gasteiger partial charge in [0, 0.05) is 13.1 Å². The van der Waals surface area contributed by atoms with E-state index < -0.39 is 16.2 Å². The van der Waals surface area contributed by atoms with Crippen LogP contribution in [0.3, 0.4) is 0 Å². The number of hydrogen-bond donors (Lipinski definition) is 0. The molecule has 0 saturated carbocycles. The molecular formula is C15H17Cl2NO3. The van der Waals surface area contributed by atoms with Crippen molar-refractivity contribution in [3.8, 4) is 0 Å². The van der Waals surface area contributed by atoms with Crippen LogP contribution in [0.2, 0.25) is 0 Å². The summed E-state index contributed by atoms with van der Waals surface area (Å²) >= 11 is 11.8. The lowest BCUT2D eigenvalue weighted by Gasteiger charge is -2.26. The maximum atomic E-state index is 12.4. The molecule has 0 aliphatic carbocycles. The van der Waals surface area contributed by atoms with E-state index in [1.807, 2.05) is 30.3 Å². The van der Waals surface area contributed by atoms with Gasteiger partial charge in [-0.25, -0.2) is 4.79 Å². The van der Waals surface area contributed by atoms with Crippen molar-refractivity contribution in [2.45, 2.75) is 17.8 Å². The third kappa shape index (κ3) is 4.76. The number of amides is 1. The van der Waals surface area contributed by atoms with Crippen LogP contribution in [0, 0.1) is 0 Å². The van der Waals surface area contributed by atoms with E-state index in [-0.39, 0.29) is 19.7 Å². The van der Waals surface area contributed by atoms with E-state index in [2.05, 4.69) is 6.58 Å². The van der Waals surface area contributed by atoms with Crippen LogP contribution in [-0.2, 0) is 20.9 Å². The van der Waals surface area contributed by atoms with Gasteiger partial charge in [-0.05, 0) is 12.5 Å². The Morgan fingerprint density at radius 1 is 1.33 bits per heavy atom. The molecule has 0 aliphatic heterocycles. The summed E-state index contributed by atoms with van der Waals surface area (Å²) < 4.78 is 2.47. The van der Waals surface area contributed by atoms with Crippen molar-refractivity contribution in [1.29, 1.82) is 0 Å². The lowest BCUT2D eigenvalue weighted by atomic mass is 10.2. The van der Waals surface area contributed by atoms with E-state index in [1.54, 1.807) is 6.92 Å². The molecule has 0 bridgehead atoms. The average Bonchev–Trinajstić information content (AvgIpc) is 2.47. The topological polar surface area (TPSA) is 46.6 Å². The highest BCUT2D eigenvalue weighted by Crippen LogP contribution is 2.26. The van der Waals surface area contributed by atoms with Gasteiger partial charge >= 0.3 is 5.97 Å². The Labute approximate surface area is 134 Å². The summed E-state index contributed by atoms with van der Waals surface area (Å²) in [5.74, 6) is -1.70. The molecule has 0 radical (unpaired) electrons. The van der Waals surface area contributed by atoms with E-state index in [0.717, 1.165) is 5.56 Å². The Hall–Kier alpha value is -1.52. The maximum Gasteiger partial charge on any atom is 0.352 e. The number of halogens is 2. The highest BCUT2D eigenvalue weighted by molar-refractivity contribution is 6.67. The van der Waals surface area contributed by atoms with Gasteiger partial charge in [0.25, 0.3) is 10.2 Å². The number of rotatable bonds is 7. The Bertz CT molecular complexity index is 503. The van der Waals surface area contributed by atoms with Crippen LogP contribution in [0.25, 0.3) is 0 Å². The summed E-state index contributed by atoms with van der Waals surface area (Å²) in [6, 6.07) is 9.29. The first-order chi connectivity index (χ1) is 9.93. The molecule has 21 heavy (non-hydrogen) atoms. The fourth-order valence-electron chi connectivity index (χ4n) is 1.69. The second-order valence-corrected chi connectivity index (χ2v) is 5.58. The van der Waals surface area contributed by atoms with Crippen molar-refractivity contribution >= 4 is 35.1 Å². The summed E-state index contributed by atoms with van der Waals surface area (Å²) in [4.78, 5) is 25.4. The summed E-state index contributed by atoms with van der Waals surface area (Å²) in [7, 11) is 0. The minimum atomic E-state index is -2.26. The smallest absolute Gasteiger partial charge is 0.352 e. The monoisotopic (exact) mass is 329 g/mol. The molecule has 1 amide bonds. The third-order valence-electron chi connectivity index (χ3n) is 2.65. The molecular weight excluding hydrogens is 313 g/mol. The largest absolute Gasteiger partial charge is 0.463 e. The van der Waals surface area contributed by atoms with Gasteiger partial charge in [-0.1, -0.05) is 59.6 Å². The summed E-state index contributed by atoms with van der Waals surface area (Å²) in [6.45, 7) is 5.78. The Morgan fingerprint density at radius 3 is 2.48 bits per heavy atom. The molecule has 0 N–H and O–H groups in total. The van der Waals surface area contributed by atoms with Crippen molar-refractivity contribution in [1.82, 2.24) is 4.90 Å². The van der Waals surface area contributed by atoms with Gasteiger partial charge in [0.1, 0.15) is 0 Å². The zero-order valence-electron chi connectivity index (χ0n) is 11.7. The predicted molar refractivity (Wildman–Crippen MR) is 83.1 cm³/mol. The zero-order chi connectivity index (χ0) is 15.9. The van der Waals surface area contributed by atoms with Crippen LogP contribution >= 0.6 is 23.2 Å². The zero-order valence-corrected chi connectivity index (χ0v) is 13.2. The van der Waals surface area contributed by atoms with Crippen LogP contribution in [0.4, 0.5) is 0 Å². The molecule has 6 heteroatoms. The third-order valence-corrected chi connectivity index (χ3v) is 3.29. The molecule has 0 aromatic heterocycles. The first-order valence-electron chi connectivity index (χ1n) is 6.42. The van der Waals surface area contributed by atoms with Crippen molar-refractivity contribution < 1.29 is 14.3 Å². The Morgan fingerprint density at radius 2 is 1.95 bits per heavy atom. The van der Waals surface area contributed by atoms with Crippen LogP contribution in [0.5, 0.6) is 0 Å². The lowest BCUT2D eigenvalue weighted by molar-refractivity contribution is -0.149. The number of carbonyl (C=O) groups excluding carboxylic acids is 2. The van der Waals surface area contributed by atoms with Gasteiger partial charge < -0.3 is 9.64 Å². The normalized spacial score (nSPS) is 10.8. The summed E-state index contributed by atoms with van der Waals surface area (Å²) in [5, 5.41) is 0. The molecule has 1 aromatic rings. The predicted octanol–water partition coefficient (Wildman–Crippen LogP) is 2.94. The molecule has 0 saturated heterocycles. The number of benzene rings is 1. The Kier molecular flexibility index (Phi) is 6.72. The number of nitrogens with zero attached hydrogens (tertiary/aromatic N) is 1. The number of alkyl halides is 2. The van der Waals surface area contributed by atoms with Crippen LogP contribution in [0.1, 0.15) is 12.5 Å². The van der Waals surface area contributed by atoms with E-state index in [1.165, 1.54) is 11.0 Å². The molecule has 1 rings (SSSR count). The first kappa shape index (κ1) is 17.5. The van der Waals surface area contributed by atoms with E-state index in [4.69, 9.17) is 27.9 Å². The highest BCUT2D eigenvalue weighted by Gasteiger charge is 2.46. The highest BCUT2D eigenvalue weighted by atomic mass is 35.5. The standard InChI is InChI=1S/C15H17Cl2NO3/c1-3-10-18(11-12-8-6-5-7-9-12)13(19)15(16,17)14(20)21-4-2/h3,5-9H,1,4,10-11H2,2H3. The second-order valence-electron chi connectivity index (χ2n) is 4.25. The summed E-state index contributed by atoms with van der Waals surface area (Å²) in [5.41, 5.74) is 0.890. The minimum Gasteiger partial charge on any atom is -0.463 e. The van der Waals surface area contributed by atoms with Crippen molar-refractivity contribution in [2.24, 2.45) is 0 Å². The quantitative estimate of drug-likeness (QED) is 0.334. The van der Waals surface area contributed by atoms with Gasteiger partial charge in [0.05, 0.1) is 6.61 Å². The van der Waals surface area contributed by atoms with E-state index in [9.17, 15) is 9.59 Å². The van der Waals surface area contributed by atoms with Gasteiger partial charge in [0.15, 0.2) is 0 Å². The fourth-order valence-corrected chi connectivity index (χ4v) is 2.03. The fraction of sp³-hybridized carbons (Fsp3) is 0.333. The molecule has 0 aliphatic rings. The van der Waals surface area contributed by atoms with E-state index >= 15 is 0 Å². The van der Waals surface area contributed by atoms with Crippen molar-refractivity contribution in [3.63, 3.8) is 0 Å². The number of ether oxygens (including phenoxy) is 1. The number of hydrogen-bond acceptors (Lipinski definition) is 3. The van der Waals surface area contributed by atoms with Crippen molar-refractivity contribution in [2.75, 3.05) is 13.2 Å². The molecule has 4 nitrogen and oxygen atoms in total. The van der Waals surface area contributed by atoms with Crippen molar-refractivity contribution in [3.05, 3.63) is 48.6 Å². The maximum absolute atomic E-state index is 12.4. The summed E-state index contributed by atoms with van der Waals surface area (Å²) in [6.07, 6.45) is 1.54. The first-order valence-corrected chi connectivity index (χ1v) is 7.18. The lowest BCUT2D eigenvalue weighted by Crippen LogP contribution is -2.47. The van der Waals surface area contributed by atoms with Gasteiger partial charge in [-0.3, -0.25) is 4.79 Å². The second kappa shape index (κ2) is 8.05. The molecule has 1 aromatic carbocycles. The molecule has 114 valence electrons. The molecule has 0 spiro atoms. The van der Waals surface area contributed by atoms with Crippen LogP contribution in [-0.4, -0.2) is 34.3 Å². The molecule has 0 heterocycles. The molecule has 0 atom stereocenters. The number of esters is 1. The minimum absolute atomic E-state index is 0.0907. The number of carbonyl (C=O) groups is 2. The molecule has 0 unspecified atom stereocenters. The van der Waals surface area contributed by atoms with Crippen LogP contribution < -0.4 is 0 Å². The van der Waals surface area contributed by atoms with Gasteiger partial charge in [0.2, 0.25) is 0 Å². The van der Waals surface area contributed by atoms with Gasteiger partial charge in [-0.15, -0.1) is 6.58 Å². The van der Waals surface area contributed by atoms with Gasteiger partial charge in [-0.2, -0.15) is 0 Å². The van der Waals surface area contributed by atoms with E-state index in [0.29, 0.717) is 0 Å². The SMILES string of the molecule is C=CCN(Cc1ccccc1)C(=O)C(Cl)(Cl)C(=O)OCC.